The molecule has 2 saturated carbocycles. The van der Waals surface area contributed by atoms with Gasteiger partial charge in [0.2, 0.25) is 11.8 Å². The third-order valence-electron chi connectivity index (χ3n) is 4.77. The Kier molecular flexibility index (Phi) is 4.16. The summed E-state index contributed by atoms with van der Waals surface area (Å²) in [5, 5.41) is 5.86. The largest absolute Gasteiger partial charge is 0.329 e. The number of benzene rings is 1. The average Bonchev–Trinajstić information content (AvgIpc) is 3.25. The van der Waals surface area contributed by atoms with Crippen molar-refractivity contribution in [1.82, 2.24) is 0 Å². The zero-order valence-electron chi connectivity index (χ0n) is 12.7. The molecule has 0 radical (unpaired) electrons. The van der Waals surface area contributed by atoms with Crippen molar-refractivity contribution in [1.29, 1.82) is 0 Å². The molecule has 3 rings (SSSR count). The third-order valence-corrected chi connectivity index (χ3v) is 4.77. The SMILES string of the molecule is NCC1(C(=O)Nc2cccc(NC(=O)C3CC3)c2)CCCC1. The number of nitrogens with one attached hydrogen (secondary N) is 2. The smallest absolute Gasteiger partial charge is 0.231 e. The lowest BCUT2D eigenvalue weighted by atomic mass is 9.85. The first-order chi connectivity index (χ1) is 10.6. The van der Waals surface area contributed by atoms with Crippen molar-refractivity contribution < 1.29 is 9.59 Å². The normalized spacial score (nSPS) is 19.7. The van der Waals surface area contributed by atoms with Gasteiger partial charge in [-0.1, -0.05) is 18.9 Å². The maximum Gasteiger partial charge on any atom is 0.231 e. The summed E-state index contributed by atoms with van der Waals surface area (Å²) in [5.41, 5.74) is 6.85. The second-order valence-electron chi connectivity index (χ2n) is 6.49. The third kappa shape index (κ3) is 3.14. The van der Waals surface area contributed by atoms with Gasteiger partial charge in [-0.25, -0.2) is 0 Å². The summed E-state index contributed by atoms with van der Waals surface area (Å²) in [6, 6.07) is 7.31. The maximum absolute atomic E-state index is 12.5. The molecule has 0 atom stereocenters. The molecule has 0 unspecified atom stereocenters. The van der Waals surface area contributed by atoms with E-state index in [1.807, 2.05) is 18.2 Å². The van der Waals surface area contributed by atoms with Gasteiger partial charge in [0.05, 0.1) is 5.41 Å². The Morgan fingerprint density at radius 2 is 1.77 bits per heavy atom. The summed E-state index contributed by atoms with van der Waals surface area (Å²) in [7, 11) is 0. The number of carbonyl (C=O) groups excluding carboxylic acids is 2. The maximum atomic E-state index is 12.5. The summed E-state index contributed by atoms with van der Waals surface area (Å²) in [6.45, 7) is 0.386. The molecule has 118 valence electrons. The summed E-state index contributed by atoms with van der Waals surface area (Å²) in [4.78, 5) is 24.3. The number of amides is 2. The molecule has 0 aliphatic heterocycles. The quantitative estimate of drug-likeness (QED) is 0.781. The van der Waals surface area contributed by atoms with Crippen LogP contribution in [-0.2, 0) is 9.59 Å². The Morgan fingerprint density at radius 1 is 1.14 bits per heavy atom. The molecular formula is C17H23N3O2. The number of nitrogens with two attached hydrogens (primary N) is 1. The Hall–Kier alpha value is -1.88. The van der Waals surface area contributed by atoms with Crippen LogP contribution in [0.2, 0.25) is 0 Å². The zero-order valence-corrected chi connectivity index (χ0v) is 12.7. The Labute approximate surface area is 130 Å². The van der Waals surface area contributed by atoms with E-state index in [-0.39, 0.29) is 17.7 Å². The molecule has 2 aliphatic rings. The number of hydrogen-bond acceptors (Lipinski definition) is 3. The lowest BCUT2D eigenvalue weighted by Crippen LogP contribution is -2.40. The molecule has 1 aromatic carbocycles. The van der Waals surface area contributed by atoms with Crippen LogP contribution in [0.4, 0.5) is 11.4 Å². The highest BCUT2D eigenvalue weighted by Gasteiger charge is 2.39. The van der Waals surface area contributed by atoms with Crippen LogP contribution in [0.3, 0.4) is 0 Å². The lowest BCUT2D eigenvalue weighted by molar-refractivity contribution is -0.124. The van der Waals surface area contributed by atoms with Gasteiger partial charge in [0.25, 0.3) is 0 Å². The van der Waals surface area contributed by atoms with E-state index < -0.39 is 5.41 Å². The number of hydrogen-bond donors (Lipinski definition) is 3. The number of anilines is 2. The van der Waals surface area contributed by atoms with Crippen molar-refractivity contribution in [3.8, 4) is 0 Å². The van der Waals surface area contributed by atoms with Gasteiger partial charge in [-0.2, -0.15) is 0 Å². The molecule has 2 aliphatic carbocycles. The van der Waals surface area contributed by atoms with E-state index in [0.717, 1.165) is 44.2 Å². The van der Waals surface area contributed by atoms with E-state index >= 15 is 0 Å². The van der Waals surface area contributed by atoms with Crippen LogP contribution < -0.4 is 16.4 Å². The van der Waals surface area contributed by atoms with Gasteiger partial charge in [-0.15, -0.1) is 0 Å². The predicted octanol–water partition coefficient (Wildman–Crippen LogP) is 2.49. The van der Waals surface area contributed by atoms with Gasteiger partial charge in [0.1, 0.15) is 0 Å². The molecule has 5 nitrogen and oxygen atoms in total. The molecule has 5 heteroatoms. The molecule has 0 aromatic heterocycles. The van der Waals surface area contributed by atoms with Crippen molar-refractivity contribution in [2.75, 3.05) is 17.2 Å². The zero-order chi connectivity index (χ0) is 15.6. The van der Waals surface area contributed by atoms with Gasteiger partial charge in [0.15, 0.2) is 0 Å². The summed E-state index contributed by atoms with van der Waals surface area (Å²) in [5.74, 6) is 0.230. The van der Waals surface area contributed by atoms with Gasteiger partial charge in [0, 0.05) is 23.8 Å². The molecule has 0 bridgehead atoms. The molecule has 0 spiro atoms. The van der Waals surface area contributed by atoms with Crippen LogP contribution in [0.1, 0.15) is 38.5 Å². The number of carbonyl (C=O) groups is 2. The molecule has 4 N–H and O–H groups in total. The van der Waals surface area contributed by atoms with Crippen LogP contribution >= 0.6 is 0 Å². The fourth-order valence-electron chi connectivity index (χ4n) is 3.10. The molecule has 0 heterocycles. The molecule has 2 amide bonds. The van der Waals surface area contributed by atoms with Crippen LogP contribution in [0.5, 0.6) is 0 Å². The standard InChI is InChI=1S/C17H23N3O2/c18-11-17(8-1-2-9-17)16(22)20-14-5-3-4-13(10-14)19-15(21)12-6-7-12/h3-5,10,12H,1-2,6-9,11,18H2,(H,19,21)(H,20,22). The highest BCUT2D eigenvalue weighted by Crippen LogP contribution is 2.38. The van der Waals surface area contributed by atoms with Crippen molar-refractivity contribution >= 4 is 23.2 Å². The minimum Gasteiger partial charge on any atom is -0.329 e. The van der Waals surface area contributed by atoms with Gasteiger partial charge in [-0.05, 0) is 43.9 Å². The fraction of sp³-hybridized carbons (Fsp3) is 0.529. The molecule has 1 aromatic rings. The van der Waals surface area contributed by atoms with Crippen molar-refractivity contribution in [2.24, 2.45) is 17.1 Å². The summed E-state index contributed by atoms with van der Waals surface area (Å²) < 4.78 is 0. The summed E-state index contributed by atoms with van der Waals surface area (Å²) >= 11 is 0. The monoisotopic (exact) mass is 301 g/mol. The van der Waals surface area contributed by atoms with Crippen LogP contribution in [0.15, 0.2) is 24.3 Å². The fourth-order valence-corrected chi connectivity index (χ4v) is 3.10. The van der Waals surface area contributed by atoms with E-state index in [1.54, 1.807) is 6.07 Å². The first-order valence-corrected chi connectivity index (χ1v) is 8.05. The number of rotatable bonds is 5. The minimum absolute atomic E-state index is 0.00169. The van der Waals surface area contributed by atoms with E-state index in [2.05, 4.69) is 10.6 Å². The van der Waals surface area contributed by atoms with Crippen molar-refractivity contribution in [3.05, 3.63) is 24.3 Å². The van der Waals surface area contributed by atoms with Crippen molar-refractivity contribution in [2.45, 2.75) is 38.5 Å². The van der Waals surface area contributed by atoms with Gasteiger partial charge < -0.3 is 16.4 Å². The average molecular weight is 301 g/mol. The second-order valence-corrected chi connectivity index (χ2v) is 6.49. The van der Waals surface area contributed by atoms with Gasteiger partial charge >= 0.3 is 0 Å². The molecule has 2 fully saturated rings. The Morgan fingerprint density at radius 3 is 2.36 bits per heavy atom. The van der Waals surface area contributed by atoms with Crippen molar-refractivity contribution in [3.63, 3.8) is 0 Å². The topological polar surface area (TPSA) is 84.2 Å². The molecule has 0 saturated heterocycles. The predicted molar refractivity (Wildman–Crippen MR) is 86.4 cm³/mol. The lowest BCUT2D eigenvalue weighted by Gasteiger charge is -2.25. The second kappa shape index (κ2) is 6.08. The highest BCUT2D eigenvalue weighted by molar-refractivity contribution is 5.97. The van der Waals surface area contributed by atoms with Gasteiger partial charge in [-0.3, -0.25) is 9.59 Å². The highest BCUT2D eigenvalue weighted by atomic mass is 16.2. The Bertz CT molecular complexity index is 575. The van der Waals surface area contributed by atoms with E-state index in [9.17, 15) is 9.59 Å². The first kappa shape index (κ1) is 15.0. The summed E-state index contributed by atoms with van der Waals surface area (Å²) in [6.07, 6.45) is 5.77. The van der Waals surface area contributed by atoms with E-state index in [4.69, 9.17) is 5.73 Å². The van der Waals surface area contributed by atoms with Crippen LogP contribution in [0, 0.1) is 11.3 Å². The Balaban J connectivity index is 1.66. The molecule has 22 heavy (non-hydrogen) atoms. The van der Waals surface area contributed by atoms with E-state index in [0.29, 0.717) is 12.2 Å². The first-order valence-electron chi connectivity index (χ1n) is 8.05. The minimum atomic E-state index is -0.423. The van der Waals surface area contributed by atoms with Crippen LogP contribution in [0.25, 0.3) is 0 Å². The van der Waals surface area contributed by atoms with E-state index in [1.165, 1.54) is 0 Å². The van der Waals surface area contributed by atoms with Crippen LogP contribution in [-0.4, -0.2) is 18.4 Å². The molecular weight excluding hydrogens is 278 g/mol.